The van der Waals surface area contributed by atoms with Gasteiger partial charge in [-0.05, 0) is 48.5 Å². The van der Waals surface area contributed by atoms with Crippen LogP contribution in [-0.2, 0) is 41.9 Å². The van der Waals surface area contributed by atoms with Gasteiger partial charge in [0.1, 0.15) is 23.6 Å². The van der Waals surface area contributed by atoms with Crippen LogP contribution < -0.4 is 11.5 Å². The number of phosphoric ester groups is 1. The summed E-state index contributed by atoms with van der Waals surface area (Å²) < 4.78 is 45.5. The molecular formula is C22H37N4O12P. The van der Waals surface area contributed by atoms with E-state index in [1.165, 1.54) is 6.92 Å². The van der Waals surface area contributed by atoms with Crippen LogP contribution in [0.4, 0.5) is 5.82 Å². The van der Waals surface area contributed by atoms with Crippen LogP contribution in [0.2, 0.25) is 0 Å². The van der Waals surface area contributed by atoms with Gasteiger partial charge in [-0.15, -0.1) is 0 Å². The zero-order valence-electron chi connectivity index (χ0n) is 22.9. The second kappa shape index (κ2) is 11.9. The Labute approximate surface area is 225 Å². The van der Waals surface area contributed by atoms with E-state index < -0.39 is 80.7 Å². The number of carbonyl (C=O) groups is 3. The van der Waals surface area contributed by atoms with Crippen molar-refractivity contribution >= 4 is 31.5 Å². The van der Waals surface area contributed by atoms with Crippen molar-refractivity contribution in [2.24, 2.45) is 16.6 Å². The van der Waals surface area contributed by atoms with Crippen molar-refractivity contribution in [1.82, 2.24) is 9.55 Å². The second-order valence-corrected chi connectivity index (χ2v) is 12.8. The third-order valence-corrected chi connectivity index (χ3v) is 6.80. The van der Waals surface area contributed by atoms with Gasteiger partial charge in [-0.25, -0.2) is 18.6 Å². The predicted molar refractivity (Wildman–Crippen MR) is 132 cm³/mol. The molecule has 1 aromatic rings. The van der Waals surface area contributed by atoms with Crippen LogP contribution >= 0.6 is 7.82 Å². The summed E-state index contributed by atoms with van der Waals surface area (Å²) in [6.45, 7) is 8.50. The molecule has 1 fully saturated rings. The van der Waals surface area contributed by atoms with Crippen LogP contribution in [0.25, 0.3) is 0 Å². The van der Waals surface area contributed by atoms with E-state index in [-0.39, 0.29) is 11.5 Å². The fourth-order valence-electron chi connectivity index (χ4n) is 3.08. The number of nitrogen functional groups attached to an aromatic ring is 1. The Morgan fingerprint density at radius 1 is 1.05 bits per heavy atom. The number of aliphatic hydroxyl groups excluding tert-OH is 2. The van der Waals surface area contributed by atoms with Crippen LogP contribution in [0, 0.1) is 10.8 Å². The summed E-state index contributed by atoms with van der Waals surface area (Å²) in [6.07, 6.45) is -3.48. The molecule has 2 unspecified atom stereocenters. The van der Waals surface area contributed by atoms with E-state index in [0.29, 0.717) is 0 Å². The number of aliphatic hydroxyl groups is 2. The Morgan fingerprint density at radius 2 is 1.54 bits per heavy atom. The lowest BCUT2D eigenvalue weighted by molar-refractivity contribution is -0.164. The first-order valence-corrected chi connectivity index (χ1v) is 13.2. The Hall–Kier alpha value is -2.59. The van der Waals surface area contributed by atoms with E-state index >= 15 is 0 Å². The van der Waals surface area contributed by atoms with Crippen molar-refractivity contribution in [2.45, 2.75) is 72.5 Å². The number of hydrogen-bond donors (Lipinski definition) is 4. The molecule has 0 radical (unpaired) electrons. The number of phosphoric acid groups is 1. The first-order chi connectivity index (χ1) is 17.7. The molecule has 0 aromatic carbocycles. The minimum atomic E-state index is -4.62. The molecule has 17 heteroatoms. The highest BCUT2D eigenvalue weighted by molar-refractivity contribution is 7.48. The molecule has 0 spiro atoms. The lowest BCUT2D eigenvalue weighted by atomic mass is 9.98. The third-order valence-electron chi connectivity index (χ3n) is 5.51. The molecule has 0 aliphatic carbocycles. The first kappa shape index (κ1) is 32.6. The standard InChI is InChI=1S/C22H37N4O12P/c1-20(2,3)18(30)33-10-36-39(32,37-11-34-19(31)21(4,5)6)35-8-22(7)14(28)13(27)17(38-22)26-9-25-12(15(26)23)16(24)29/h9,13-14,17,27-28H,8,10-11,23H2,1-7H3,(H2,24,29)/t13-,14+,17?,22?/m1/s1. The SMILES string of the molecule is CC(C)(C)C(=O)OCOP(=O)(OCOC(=O)C(C)(C)C)OCC1(C)OC(n2cnc(C(N)=O)c2N)[C@H](O)[C@@H]1O. The van der Waals surface area contributed by atoms with E-state index in [9.17, 15) is 29.2 Å². The Balaban J connectivity index is 2.17. The van der Waals surface area contributed by atoms with Crippen LogP contribution in [-0.4, -0.2) is 75.6 Å². The van der Waals surface area contributed by atoms with Gasteiger partial charge in [0.2, 0.25) is 13.6 Å². The summed E-state index contributed by atoms with van der Waals surface area (Å²) in [5.74, 6) is -2.48. The van der Waals surface area contributed by atoms with Crippen molar-refractivity contribution in [3.8, 4) is 0 Å². The lowest BCUT2D eigenvalue weighted by Crippen LogP contribution is -2.44. The van der Waals surface area contributed by atoms with Crippen LogP contribution in [0.1, 0.15) is 65.2 Å². The number of aromatic nitrogens is 2. The average molecular weight is 581 g/mol. The zero-order chi connectivity index (χ0) is 30.0. The van der Waals surface area contributed by atoms with E-state index in [0.717, 1.165) is 10.9 Å². The predicted octanol–water partition coefficient (Wildman–Crippen LogP) is 0.825. The molecule has 6 N–H and O–H groups in total. The maximum atomic E-state index is 13.3. The van der Waals surface area contributed by atoms with Gasteiger partial charge in [0, 0.05) is 0 Å². The average Bonchev–Trinajstić information content (AvgIpc) is 3.29. The molecule has 16 nitrogen and oxygen atoms in total. The minimum absolute atomic E-state index is 0.220. The fourth-order valence-corrected chi connectivity index (χ4v) is 4.08. The molecule has 2 rings (SSSR count). The Bertz CT molecular complexity index is 1080. The number of imidazole rings is 1. The van der Waals surface area contributed by atoms with Crippen molar-refractivity contribution in [3.05, 3.63) is 12.0 Å². The number of nitrogens with zero attached hydrogens (tertiary/aromatic N) is 2. The lowest BCUT2D eigenvalue weighted by Gasteiger charge is -2.29. The summed E-state index contributed by atoms with van der Waals surface area (Å²) in [7, 11) is -4.62. The Kier molecular flexibility index (Phi) is 9.94. The number of nitrogens with two attached hydrogens (primary N) is 2. The molecule has 39 heavy (non-hydrogen) atoms. The topological polar surface area (TPSA) is 234 Å². The normalized spacial score (nSPS) is 24.0. The van der Waals surface area contributed by atoms with E-state index in [4.69, 9.17) is 39.2 Å². The molecule has 1 amide bonds. The number of primary amides is 1. The highest BCUT2D eigenvalue weighted by Crippen LogP contribution is 2.51. The summed E-state index contributed by atoms with van der Waals surface area (Å²) in [4.78, 5) is 39.3. The highest BCUT2D eigenvalue weighted by Gasteiger charge is 2.54. The molecule has 4 atom stereocenters. The number of rotatable bonds is 11. The van der Waals surface area contributed by atoms with Gasteiger partial charge in [-0.3, -0.25) is 23.5 Å². The molecule has 1 aliphatic rings. The van der Waals surface area contributed by atoms with E-state index in [1.54, 1.807) is 41.5 Å². The maximum Gasteiger partial charge on any atom is 0.480 e. The largest absolute Gasteiger partial charge is 0.480 e. The van der Waals surface area contributed by atoms with Crippen molar-refractivity contribution in [2.75, 3.05) is 25.9 Å². The van der Waals surface area contributed by atoms with E-state index in [2.05, 4.69) is 4.98 Å². The highest BCUT2D eigenvalue weighted by atomic mass is 31.2. The van der Waals surface area contributed by atoms with Gasteiger partial charge in [-0.2, -0.15) is 0 Å². The molecule has 1 aromatic heterocycles. The molecule has 222 valence electrons. The molecular weight excluding hydrogens is 543 g/mol. The minimum Gasteiger partial charge on any atom is -0.437 e. The van der Waals surface area contributed by atoms with Crippen molar-refractivity contribution < 1.29 is 56.9 Å². The van der Waals surface area contributed by atoms with Crippen LogP contribution in [0.5, 0.6) is 0 Å². The summed E-state index contributed by atoms with van der Waals surface area (Å²) in [6, 6.07) is 0. The number of anilines is 1. The van der Waals surface area contributed by atoms with Gasteiger partial charge in [0.25, 0.3) is 5.91 Å². The summed E-state index contributed by atoms with van der Waals surface area (Å²) in [5.41, 5.74) is 7.30. The second-order valence-electron chi connectivity index (χ2n) is 11.1. The first-order valence-electron chi connectivity index (χ1n) is 11.8. The molecule has 0 saturated carbocycles. The molecule has 1 aliphatic heterocycles. The molecule has 1 saturated heterocycles. The third kappa shape index (κ3) is 7.97. The van der Waals surface area contributed by atoms with Gasteiger partial charge in [-0.1, -0.05) is 0 Å². The van der Waals surface area contributed by atoms with Gasteiger partial charge < -0.3 is 35.9 Å². The quantitative estimate of drug-likeness (QED) is 0.161. The zero-order valence-corrected chi connectivity index (χ0v) is 23.8. The number of carbonyl (C=O) groups excluding carboxylic acids is 3. The van der Waals surface area contributed by atoms with Gasteiger partial charge >= 0.3 is 19.8 Å². The number of esters is 2. The molecule has 0 bridgehead atoms. The van der Waals surface area contributed by atoms with Crippen molar-refractivity contribution in [1.29, 1.82) is 0 Å². The monoisotopic (exact) mass is 580 g/mol. The van der Waals surface area contributed by atoms with Gasteiger partial charge in [0.05, 0.1) is 23.8 Å². The van der Waals surface area contributed by atoms with Crippen LogP contribution in [0.3, 0.4) is 0 Å². The summed E-state index contributed by atoms with van der Waals surface area (Å²) in [5, 5.41) is 21.3. The van der Waals surface area contributed by atoms with Gasteiger partial charge in [0.15, 0.2) is 11.9 Å². The number of ether oxygens (including phenoxy) is 3. The Morgan fingerprint density at radius 3 is 1.95 bits per heavy atom. The fraction of sp³-hybridized carbons (Fsp3) is 0.727. The summed E-state index contributed by atoms with van der Waals surface area (Å²) >= 11 is 0. The van der Waals surface area contributed by atoms with Crippen molar-refractivity contribution in [3.63, 3.8) is 0 Å². The van der Waals surface area contributed by atoms with Crippen LogP contribution in [0.15, 0.2) is 6.33 Å². The maximum absolute atomic E-state index is 13.3. The smallest absolute Gasteiger partial charge is 0.437 e. The molecule has 2 heterocycles. The van der Waals surface area contributed by atoms with E-state index in [1.807, 2.05) is 0 Å². The number of hydrogen-bond acceptors (Lipinski definition) is 14. The number of amides is 1.